The molecular formula is C16H25N3O. The van der Waals surface area contributed by atoms with Gasteiger partial charge in [0.25, 0.3) is 0 Å². The zero-order valence-electron chi connectivity index (χ0n) is 12.5. The van der Waals surface area contributed by atoms with Crippen LogP contribution in [0.4, 0.5) is 5.69 Å². The SMILES string of the molecule is CC(C)NCc1cc(N2CCOC3CCCC32)ccn1. The van der Waals surface area contributed by atoms with E-state index in [4.69, 9.17) is 4.74 Å². The highest BCUT2D eigenvalue weighted by Gasteiger charge is 2.36. The average molecular weight is 275 g/mol. The molecule has 2 fully saturated rings. The Bertz CT molecular complexity index is 449. The maximum absolute atomic E-state index is 5.89. The lowest BCUT2D eigenvalue weighted by Gasteiger charge is -2.39. The van der Waals surface area contributed by atoms with E-state index in [-0.39, 0.29) is 0 Å². The number of pyridine rings is 1. The van der Waals surface area contributed by atoms with Crippen molar-refractivity contribution in [1.82, 2.24) is 10.3 Å². The maximum atomic E-state index is 5.89. The Morgan fingerprint density at radius 1 is 1.45 bits per heavy atom. The van der Waals surface area contributed by atoms with Crippen LogP contribution in [0.15, 0.2) is 18.3 Å². The fourth-order valence-electron chi connectivity index (χ4n) is 3.30. The molecule has 0 bridgehead atoms. The summed E-state index contributed by atoms with van der Waals surface area (Å²) in [7, 11) is 0. The van der Waals surface area contributed by atoms with Gasteiger partial charge in [-0.05, 0) is 31.4 Å². The second-order valence-electron chi connectivity index (χ2n) is 6.14. The molecule has 2 unspecified atom stereocenters. The molecule has 0 amide bonds. The summed E-state index contributed by atoms with van der Waals surface area (Å²) in [5.74, 6) is 0. The molecule has 2 atom stereocenters. The van der Waals surface area contributed by atoms with Gasteiger partial charge >= 0.3 is 0 Å². The van der Waals surface area contributed by atoms with Crippen LogP contribution in [0.25, 0.3) is 0 Å². The summed E-state index contributed by atoms with van der Waals surface area (Å²) in [5, 5.41) is 3.43. The minimum absolute atomic E-state index is 0.439. The second kappa shape index (κ2) is 6.10. The molecule has 2 aliphatic rings. The van der Waals surface area contributed by atoms with E-state index in [1.54, 1.807) is 0 Å². The normalized spacial score (nSPS) is 26.1. The van der Waals surface area contributed by atoms with Gasteiger partial charge in [-0.2, -0.15) is 0 Å². The Balaban J connectivity index is 1.74. The van der Waals surface area contributed by atoms with Crippen molar-refractivity contribution in [2.24, 2.45) is 0 Å². The largest absolute Gasteiger partial charge is 0.374 e. The van der Waals surface area contributed by atoms with Crippen molar-refractivity contribution in [1.29, 1.82) is 0 Å². The highest BCUT2D eigenvalue weighted by Crippen LogP contribution is 2.33. The van der Waals surface area contributed by atoms with Gasteiger partial charge in [0, 0.05) is 31.0 Å². The first-order chi connectivity index (χ1) is 9.74. The predicted molar refractivity (Wildman–Crippen MR) is 80.9 cm³/mol. The maximum Gasteiger partial charge on any atom is 0.0779 e. The number of hydrogen-bond donors (Lipinski definition) is 1. The molecule has 4 heteroatoms. The van der Waals surface area contributed by atoms with Crippen molar-refractivity contribution < 1.29 is 4.74 Å². The molecule has 0 spiro atoms. The first-order valence-corrected chi connectivity index (χ1v) is 7.80. The molecule has 1 saturated carbocycles. The first kappa shape index (κ1) is 13.8. The summed E-state index contributed by atoms with van der Waals surface area (Å²) in [6, 6.07) is 5.43. The molecule has 2 heterocycles. The number of rotatable bonds is 4. The van der Waals surface area contributed by atoms with E-state index in [9.17, 15) is 0 Å². The Morgan fingerprint density at radius 2 is 2.35 bits per heavy atom. The smallest absolute Gasteiger partial charge is 0.0779 e. The van der Waals surface area contributed by atoms with Gasteiger partial charge in [-0.25, -0.2) is 0 Å². The van der Waals surface area contributed by atoms with Crippen LogP contribution in [-0.2, 0) is 11.3 Å². The molecule has 3 rings (SSSR count). The molecule has 1 aliphatic heterocycles. The molecule has 1 aromatic rings. The van der Waals surface area contributed by atoms with Gasteiger partial charge in [-0.15, -0.1) is 0 Å². The summed E-state index contributed by atoms with van der Waals surface area (Å²) in [6.07, 6.45) is 6.14. The van der Waals surface area contributed by atoms with Crippen LogP contribution in [-0.4, -0.2) is 36.3 Å². The number of nitrogens with zero attached hydrogens (tertiary/aromatic N) is 2. The average Bonchev–Trinajstić information content (AvgIpc) is 2.93. The summed E-state index contributed by atoms with van der Waals surface area (Å²) < 4.78 is 5.89. The molecule has 1 aromatic heterocycles. The molecule has 4 nitrogen and oxygen atoms in total. The summed E-state index contributed by atoms with van der Waals surface area (Å²) >= 11 is 0. The van der Waals surface area contributed by atoms with Gasteiger partial charge in [0.15, 0.2) is 0 Å². The number of aromatic nitrogens is 1. The minimum Gasteiger partial charge on any atom is -0.374 e. The quantitative estimate of drug-likeness (QED) is 0.915. The van der Waals surface area contributed by atoms with E-state index in [0.29, 0.717) is 18.2 Å². The van der Waals surface area contributed by atoms with E-state index < -0.39 is 0 Å². The molecule has 0 radical (unpaired) electrons. The summed E-state index contributed by atoms with van der Waals surface area (Å²) in [4.78, 5) is 7.00. The van der Waals surface area contributed by atoms with Crippen LogP contribution in [0.2, 0.25) is 0 Å². The fourth-order valence-corrected chi connectivity index (χ4v) is 3.30. The zero-order valence-corrected chi connectivity index (χ0v) is 12.5. The highest BCUT2D eigenvalue weighted by molar-refractivity contribution is 5.48. The number of fused-ring (bicyclic) bond motifs is 1. The number of morpholine rings is 1. The van der Waals surface area contributed by atoms with Gasteiger partial charge in [-0.3, -0.25) is 4.98 Å². The van der Waals surface area contributed by atoms with E-state index >= 15 is 0 Å². The van der Waals surface area contributed by atoms with Crippen molar-refractivity contribution >= 4 is 5.69 Å². The molecule has 110 valence electrons. The lowest BCUT2D eigenvalue weighted by atomic mass is 10.1. The fraction of sp³-hybridized carbons (Fsp3) is 0.688. The van der Waals surface area contributed by atoms with Crippen LogP contribution in [0.1, 0.15) is 38.8 Å². The van der Waals surface area contributed by atoms with Crippen molar-refractivity contribution in [2.75, 3.05) is 18.1 Å². The summed E-state index contributed by atoms with van der Waals surface area (Å²) in [6.45, 7) is 7.01. The number of hydrogen-bond acceptors (Lipinski definition) is 4. The van der Waals surface area contributed by atoms with E-state index in [0.717, 1.165) is 25.4 Å². The Kier molecular flexibility index (Phi) is 4.22. The van der Waals surface area contributed by atoms with E-state index in [1.807, 2.05) is 6.20 Å². The van der Waals surface area contributed by atoms with Crippen molar-refractivity contribution in [3.8, 4) is 0 Å². The molecule has 1 saturated heterocycles. The van der Waals surface area contributed by atoms with Gasteiger partial charge in [0.2, 0.25) is 0 Å². The van der Waals surface area contributed by atoms with Crippen LogP contribution in [0.5, 0.6) is 0 Å². The minimum atomic E-state index is 0.439. The third-order valence-corrected chi connectivity index (χ3v) is 4.31. The Labute approximate surface area is 121 Å². The zero-order chi connectivity index (χ0) is 13.9. The molecule has 0 aromatic carbocycles. The number of nitrogens with one attached hydrogen (secondary N) is 1. The Morgan fingerprint density at radius 3 is 3.20 bits per heavy atom. The molecule has 20 heavy (non-hydrogen) atoms. The highest BCUT2D eigenvalue weighted by atomic mass is 16.5. The predicted octanol–water partition coefficient (Wildman–Crippen LogP) is 2.34. The van der Waals surface area contributed by atoms with Gasteiger partial charge in [-0.1, -0.05) is 13.8 Å². The van der Waals surface area contributed by atoms with Crippen LogP contribution in [0, 0.1) is 0 Å². The lowest BCUT2D eigenvalue weighted by Crippen LogP contribution is -2.48. The van der Waals surface area contributed by atoms with Crippen LogP contribution < -0.4 is 10.2 Å². The van der Waals surface area contributed by atoms with Crippen molar-refractivity contribution in [3.05, 3.63) is 24.0 Å². The van der Waals surface area contributed by atoms with Crippen molar-refractivity contribution in [2.45, 2.75) is 57.8 Å². The van der Waals surface area contributed by atoms with Gasteiger partial charge in [0.05, 0.1) is 24.4 Å². The second-order valence-corrected chi connectivity index (χ2v) is 6.14. The summed E-state index contributed by atoms with van der Waals surface area (Å²) in [5.41, 5.74) is 2.43. The van der Waals surface area contributed by atoms with Gasteiger partial charge in [0.1, 0.15) is 0 Å². The number of anilines is 1. The molecule has 1 N–H and O–H groups in total. The van der Waals surface area contributed by atoms with Gasteiger partial charge < -0.3 is 15.0 Å². The first-order valence-electron chi connectivity index (χ1n) is 7.80. The molecule has 1 aliphatic carbocycles. The monoisotopic (exact) mass is 275 g/mol. The lowest BCUT2D eigenvalue weighted by molar-refractivity contribution is 0.0256. The van der Waals surface area contributed by atoms with Crippen LogP contribution in [0.3, 0.4) is 0 Å². The molecular weight excluding hydrogens is 250 g/mol. The third-order valence-electron chi connectivity index (χ3n) is 4.31. The van der Waals surface area contributed by atoms with E-state index in [2.05, 4.69) is 41.2 Å². The van der Waals surface area contributed by atoms with Crippen LogP contribution >= 0.6 is 0 Å². The third kappa shape index (κ3) is 2.96. The van der Waals surface area contributed by atoms with Crippen molar-refractivity contribution in [3.63, 3.8) is 0 Å². The number of ether oxygens (including phenoxy) is 1. The topological polar surface area (TPSA) is 37.4 Å². The Hall–Kier alpha value is -1.13. The van der Waals surface area contributed by atoms with E-state index in [1.165, 1.54) is 24.9 Å². The standard InChI is InChI=1S/C16H25N3O/c1-12(2)18-11-13-10-14(6-7-17-13)19-8-9-20-16-5-3-4-15(16)19/h6-7,10,12,15-16,18H,3-5,8-9,11H2,1-2H3.